The molecule has 0 bridgehead atoms. The van der Waals surface area contributed by atoms with Gasteiger partial charge in [-0.05, 0) is 47.3 Å². The van der Waals surface area contributed by atoms with E-state index >= 15 is 0 Å². The van der Waals surface area contributed by atoms with Crippen molar-refractivity contribution in [2.45, 2.75) is 0 Å². The SMILES string of the molecule is Fc1cccc(-c2cnn3c(-c4ccnc(-c5ccsc5)c4)cnc3c2)c1. The van der Waals surface area contributed by atoms with Gasteiger partial charge in [-0.3, -0.25) is 4.98 Å². The lowest BCUT2D eigenvalue weighted by molar-refractivity contribution is 0.628. The lowest BCUT2D eigenvalue weighted by Gasteiger charge is -2.05. The maximum absolute atomic E-state index is 13.5. The Labute approximate surface area is 158 Å². The summed E-state index contributed by atoms with van der Waals surface area (Å²) in [5.41, 5.74) is 6.20. The normalized spacial score (nSPS) is 11.1. The van der Waals surface area contributed by atoms with E-state index in [0.717, 1.165) is 33.6 Å². The molecule has 4 heterocycles. The van der Waals surface area contributed by atoms with E-state index in [1.54, 1.807) is 40.5 Å². The minimum atomic E-state index is -0.269. The van der Waals surface area contributed by atoms with E-state index in [1.165, 1.54) is 12.1 Å². The fraction of sp³-hybridized carbons (Fsp3) is 0. The van der Waals surface area contributed by atoms with Crippen LogP contribution >= 0.6 is 11.3 Å². The summed E-state index contributed by atoms with van der Waals surface area (Å²) < 4.78 is 15.3. The lowest BCUT2D eigenvalue weighted by Crippen LogP contribution is -1.95. The van der Waals surface area contributed by atoms with Crippen molar-refractivity contribution in [1.29, 1.82) is 0 Å². The van der Waals surface area contributed by atoms with Gasteiger partial charge in [-0.2, -0.15) is 16.4 Å². The van der Waals surface area contributed by atoms with Crippen molar-refractivity contribution in [3.05, 3.63) is 83.7 Å². The summed E-state index contributed by atoms with van der Waals surface area (Å²) in [6.45, 7) is 0. The highest BCUT2D eigenvalue weighted by atomic mass is 32.1. The molecule has 0 N–H and O–H groups in total. The number of nitrogens with zero attached hydrogens (tertiary/aromatic N) is 4. The zero-order chi connectivity index (χ0) is 18.2. The van der Waals surface area contributed by atoms with Crippen LogP contribution in [0.5, 0.6) is 0 Å². The third-order valence-corrected chi connectivity index (χ3v) is 5.08. The Hall–Kier alpha value is -3.38. The molecule has 0 radical (unpaired) electrons. The lowest BCUT2D eigenvalue weighted by atomic mass is 10.1. The molecule has 0 unspecified atom stereocenters. The first-order valence-corrected chi connectivity index (χ1v) is 9.31. The van der Waals surface area contributed by atoms with Gasteiger partial charge in [0.15, 0.2) is 5.65 Å². The van der Waals surface area contributed by atoms with Crippen LogP contribution in [0.4, 0.5) is 4.39 Å². The zero-order valence-corrected chi connectivity index (χ0v) is 14.9. The predicted octanol–water partition coefficient (Wildman–Crippen LogP) is 5.33. The number of hydrogen-bond acceptors (Lipinski definition) is 4. The first kappa shape index (κ1) is 15.8. The average molecular weight is 372 g/mol. The fourth-order valence-corrected chi connectivity index (χ4v) is 3.71. The van der Waals surface area contributed by atoms with Gasteiger partial charge in [0, 0.05) is 28.3 Å². The Morgan fingerprint density at radius 2 is 1.81 bits per heavy atom. The Kier molecular flexibility index (Phi) is 3.76. The summed E-state index contributed by atoms with van der Waals surface area (Å²) >= 11 is 1.64. The molecule has 0 aliphatic rings. The van der Waals surface area contributed by atoms with E-state index in [4.69, 9.17) is 0 Å². The largest absolute Gasteiger partial charge is 0.256 e. The Balaban J connectivity index is 1.58. The van der Waals surface area contributed by atoms with Gasteiger partial charge < -0.3 is 0 Å². The van der Waals surface area contributed by atoms with E-state index in [0.29, 0.717) is 5.65 Å². The van der Waals surface area contributed by atoms with Crippen molar-refractivity contribution < 1.29 is 4.39 Å². The van der Waals surface area contributed by atoms with Crippen LogP contribution in [-0.2, 0) is 0 Å². The van der Waals surface area contributed by atoms with Gasteiger partial charge in [-0.25, -0.2) is 13.9 Å². The quantitative estimate of drug-likeness (QED) is 0.430. The van der Waals surface area contributed by atoms with Crippen molar-refractivity contribution in [3.8, 4) is 33.6 Å². The third-order valence-electron chi connectivity index (χ3n) is 4.39. The van der Waals surface area contributed by atoms with Crippen LogP contribution in [0, 0.1) is 5.82 Å². The van der Waals surface area contributed by atoms with Crippen molar-refractivity contribution in [3.63, 3.8) is 0 Å². The molecule has 0 aliphatic heterocycles. The molecule has 4 aromatic heterocycles. The van der Waals surface area contributed by atoms with Gasteiger partial charge in [0.1, 0.15) is 5.82 Å². The van der Waals surface area contributed by atoms with Crippen molar-refractivity contribution in [1.82, 2.24) is 19.6 Å². The smallest absolute Gasteiger partial charge is 0.154 e. The molecule has 0 aliphatic carbocycles. The summed E-state index contributed by atoms with van der Waals surface area (Å²) in [7, 11) is 0. The molecule has 4 nitrogen and oxygen atoms in total. The molecule has 0 amide bonds. The highest BCUT2D eigenvalue weighted by Gasteiger charge is 2.11. The van der Waals surface area contributed by atoms with Gasteiger partial charge in [0.25, 0.3) is 0 Å². The summed E-state index contributed by atoms with van der Waals surface area (Å²) in [6, 6.07) is 14.4. The van der Waals surface area contributed by atoms with Gasteiger partial charge in [-0.1, -0.05) is 12.1 Å². The summed E-state index contributed by atoms with van der Waals surface area (Å²) in [6.07, 6.45) is 5.32. The molecular formula is C21H13FN4S. The highest BCUT2D eigenvalue weighted by molar-refractivity contribution is 7.08. The van der Waals surface area contributed by atoms with E-state index in [9.17, 15) is 4.39 Å². The van der Waals surface area contributed by atoms with Crippen molar-refractivity contribution in [2.75, 3.05) is 0 Å². The van der Waals surface area contributed by atoms with Crippen molar-refractivity contribution >= 4 is 17.0 Å². The minimum Gasteiger partial charge on any atom is -0.256 e. The second kappa shape index (κ2) is 6.41. The molecule has 0 saturated heterocycles. The predicted molar refractivity (Wildman–Crippen MR) is 105 cm³/mol. The number of hydrogen-bond donors (Lipinski definition) is 0. The van der Waals surface area contributed by atoms with Crippen LogP contribution < -0.4 is 0 Å². The Bertz CT molecular complexity index is 1240. The number of thiophene rings is 1. The number of halogens is 1. The fourth-order valence-electron chi connectivity index (χ4n) is 3.06. The summed E-state index contributed by atoms with van der Waals surface area (Å²) in [5, 5.41) is 8.64. The molecule has 0 fully saturated rings. The van der Waals surface area contributed by atoms with Gasteiger partial charge >= 0.3 is 0 Å². The maximum atomic E-state index is 13.5. The number of imidazole rings is 1. The molecule has 0 saturated carbocycles. The van der Waals surface area contributed by atoms with Crippen LogP contribution in [0.1, 0.15) is 0 Å². The van der Waals surface area contributed by atoms with E-state index in [2.05, 4.69) is 26.5 Å². The van der Waals surface area contributed by atoms with Gasteiger partial charge in [-0.15, -0.1) is 0 Å². The standard InChI is InChI=1S/C21H13FN4S/c22-18-3-1-2-14(8-18)17-10-21-24-12-20(26(21)25-11-17)15-4-6-23-19(9-15)16-5-7-27-13-16/h1-13H. The number of benzene rings is 1. The molecular weight excluding hydrogens is 359 g/mol. The number of aromatic nitrogens is 4. The topological polar surface area (TPSA) is 43.1 Å². The summed E-state index contributed by atoms with van der Waals surface area (Å²) in [5.74, 6) is -0.269. The number of pyridine rings is 1. The van der Waals surface area contributed by atoms with Crippen LogP contribution in [0.25, 0.3) is 39.3 Å². The van der Waals surface area contributed by atoms with E-state index in [-0.39, 0.29) is 5.82 Å². The Morgan fingerprint density at radius 3 is 2.67 bits per heavy atom. The van der Waals surface area contributed by atoms with Gasteiger partial charge in [0.2, 0.25) is 0 Å². The first-order chi connectivity index (χ1) is 13.3. The molecule has 0 spiro atoms. The van der Waals surface area contributed by atoms with Crippen LogP contribution in [0.15, 0.2) is 77.9 Å². The second-order valence-electron chi connectivity index (χ2n) is 6.11. The molecule has 27 heavy (non-hydrogen) atoms. The van der Waals surface area contributed by atoms with E-state index < -0.39 is 0 Å². The average Bonchev–Trinajstić information content (AvgIpc) is 3.38. The molecule has 130 valence electrons. The van der Waals surface area contributed by atoms with Crippen molar-refractivity contribution in [2.24, 2.45) is 0 Å². The third kappa shape index (κ3) is 2.90. The molecule has 1 aromatic carbocycles. The monoisotopic (exact) mass is 372 g/mol. The van der Waals surface area contributed by atoms with Crippen LogP contribution in [-0.4, -0.2) is 19.6 Å². The molecule has 6 heteroatoms. The molecule has 0 atom stereocenters. The van der Waals surface area contributed by atoms with E-state index in [1.807, 2.05) is 29.6 Å². The van der Waals surface area contributed by atoms with Crippen LogP contribution in [0.3, 0.4) is 0 Å². The zero-order valence-electron chi connectivity index (χ0n) is 14.1. The summed E-state index contributed by atoms with van der Waals surface area (Å²) in [4.78, 5) is 8.94. The maximum Gasteiger partial charge on any atom is 0.154 e. The number of rotatable bonds is 3. The highest BCUT2D eigenvalue weighted by Crippen LogP contribution is 2.27. The van der Waals surface area contributed by atoms with Crippen LogP contribution in [0.2, 0.25) is 0 Å². The molecule has 5 rings (SSSR count). The molecule has 5 aromatic rings. The van der Waals surface area contributed by atoms with Gasteiger partial charge in [0.05, 0.1) is 23.8 Å². The number of fused-ring (bicyclic) bond motifs is 1. The first-order valence-electron chi connectivity index (χ1n) is 8.37. The second-order valence-corrected chi connectivity index (χ2v) is 6.89. The Morgan fingerprint density at radius 1 is 0.852 bits per heavy atom. The minimum absolute atomic E-state index is 0.269.